The molecule has 4 rings (SSSR count). The van der Waals surface area contributed by atoms with Crippen LogP contribution < -0.4 is 5.14 Å². The molecule has 0 saturated heterocycles. The van der Waals surface area contributed by atoms with Crippen LogP contribution in [0.1, 0.15) is 31.1 Å². The van der Waals surface area contributed by atoms with Crippen molar-refractivity contribution in [3.8, 4) is 23.0 Å². The van der Waals surface area contributed by atoms with Crippen molar-refractivity contribution in [2.45, 2.75) is 30.2 Å². The minimum atomic E-state index is -3.84. The molecule has 1 aliphatic rings. The van der Waals surface area contributed by atoms with Crippen LogP contribution in [0.3, 0.4) is 0 Å². The lowest BCUT2D eigenvalue weighted by Crippen LogP contribution is -2.13. The molecule has 0 bridgehead atoms. The lowest BCUT2D eigenvalue weighted by atomic mass is 9.85. The zero-order valence-electron chi connectivity index (χ0n) is 12.4. The molecule has 3 heterocycles. The molecule has 0 amide bonds. The van der Waals surface area contributed by atoms with Gasteiger partial charge in [-0.05, 0) is 25.0 Å². The maximum Gasteiger partial charge on any atom is 0.280 e. The molecule has 3 aromatic heterocycles. The van der Waals surface area contributed by atoms with E-state index in [1.807, 2.05) is 0 Å². The summed E-state index contributed by atoms with van der Waals surface area (Å²) >= 11 is 0. The molecule has 0 unspecified atom stereocenters. The molecule has 2 N–H and O–H groups in total. The van der Waals surface area contributed by atoms with Gasteiger partial charge in [-0.25, -0.2) is 23.5 Å². The Balaban J connectivity index is 1.59. The van der Waals surface area contributed by atoms with Gasteiger partial charge in [-0.3, -0.25) is 0 Å². The lowest BCUT2D eigenvalue weighted by Gasteiger charge is -2.21. The van der Waals surface area contributed by atoms with Crippen molar-refractivity contribution < 1.29 is 17.4 Å². The minimum Gasteiger partial charge on any atom is -0.448 e. The molecule has 10 heteroatoms. The fourth-order valence-corrected chi connectivity index (χ4v) is 2.81. The van der Waals surface area contributed by atoms with Gasteiger partial charge in [0.1, 0.15) is 6.26 Å². The molecule has 1 fully saturated rings. The normalized spacial score (nSPS) is 15.4. The molecule has 1 saturated carbocycles. The predicted octanol–water partition coefficient (Wildman–Crippen LogP) is 1.70. The van der Waals surface area contributed by atoms with Crippen molar-refractivity contribution in [2.75, 3.05) is 0 Å². The Morgan fingerprint density at radius 2 is 2.04 bits per heavy atom. The predicted molar refractivity (Wildman–Crippen MR) is 81.0 cm³/mol. The molecule has 0 aromatic carbocycles. The van der Waals surface area contributed by atoms with Gasteiger partial charge in [0, 0.05) is 17.7 Å². The van der Waals surface area contributed by atoms with Gasteiger partial charge < -0.3 is 8.94 Å². The zero-order valence-corrected chi connectivity index (χ0v) is 13.2. The Labute approximate surface area is 137 Å². The number of nitrogens with zero attached hydrogens (tertiary/aromatic N) is 4. The van der Waals surface area contributed by atoms with E-state index in [4.69, 9.17) is 14.1 Å². The highest BCUT2D eigenvalue weighted by Gasteiger charge is 2.25. The van der Waals surface area contributed by atoms with E-state index in [-0.39, 0.29) is 16.7 Å². The second kappa shape index (κ2) is 5.49. The van der Waals surface area contributed by atoms with Gasteiger partial charge in [-0.2, -0.15) is 4.98 Å². The lowest BCUT2D eigenvalue weighted by molar-refractivity contribution is 0.335. The number of rotatable bonds is 4. The highest BCUT2D eigenvalue weighted by atomic mass is 32.2. The third-order valence-electron chi connectivity index (χ3n) is 3.91. The number of oxazole rings is 1. The molecule has 24 heavy (non-hydrogen) atoms. The maximum atomic E-state index is 11.2. The molecule has 124 valence electrons. The summed E-state index contributed by atoms with van der Waals surface area (Å²) in [5, 5.41) is 8.64. The number of hydrogen-bond donors (Lipinski definition) is 1. The average molecular weight is 347 g/mol. The van der Waals surface area contributed by atoms with Gasteiger partial charge in [0.2, 0.25) is 5.82 Å². The van der Waals surface area contributed by atoms with Crippen LogP contribution in [0.15, 0.2) is 38.6 Å². The molecular weight excluding hydrogens is 334 g/mol. The second-order valence-electron chi connectivity index (χ2n) is 5.55. The van der Waals surface area contributed by atoms with E-state index in [2.05, 4.69) is 20.1 Å². The summed E-state index contributed by atoms with van der Waals surface area (Å²) in [6.07, 6.45) is 6.16. The van der Waals surface area contributed by atoms with Gasteiger partial charge in [0.05, 0.1) is 0 Å². The van der Waals surface area contributed by atoms with Gasteiger partial charge in [-0.1, -0.05) is 11.6 Å². The van der Waals surface area contributed by atoms with Crippen LogP contribution >= 0.6 is 0 Å². The monoisotopic (exact) mass is 347 g/mol. The number of pyridine rings is 1. The van der Waals surface area contributed by atoms with Gasteiger partial charge >= 0.3 is 0 Å². The van der Waals surface area contributed by atoms with Crippen molar-refractivity contribution in [3.05, 3.63) is 30.5 Å². The first-order valence-corrected chi connectivity index (χ1v) is 8.84. The summed E-state index contributed by atoms with van der Waals surface area (Å²) in [5.74, 6) is 1.56. The first kappa shape index (κ1) is 15.0. The molecule has 0 spiro atoms. The Hall–Kier alpha value is -2.59. The van der Waals surface area contributed by atoms with Gasteiger partial charge in [-0.15, -0.1) is 0 Å². The second-order valence-corrected chi connectivity index (χ2v) is 7.06. The summed E-state index contributed by atoms with van der Waals surface area (Å²) in [4.78, 5) is 12.4. The molecule has 9 nitrogen and oxygen atoms in total. The smallest absolute Gasteiger partial charge is 0.280 e. The van der Waals surface area contributed by atoms with Crippen molar-refractivity contribution in [2.24, 2.45) is 5.14 Å². The summed E-state index contributed by atoms with van der Waals surface area (Å²) in [7, 11) is -3.84. The molecule has 3 aromatic rings. The van der Waals surface area contributed by atoms with Crippen molar-refractivity contribution in [1.82, 2.24) is 20.1 Å². The summed E-state index contributed by atoms with van der Waals surface area (Å²) in [6.45, 7) is 0. The topological polar surface area (TPSA) is 138 Å². The Bertz CT molecular complexity index is 973. The fraction of sp³-hybridized carbons (Fsp3) is 0.286. The number of aromatic nitrogens is 4. The summed E-state index contributed by atoms with van der Waals surface area (Å²) < 4.78 is 33.1. The SMILES string of the molecule is NS(=O)(=O)c1ccc(-c2noc(-c3coc(C4CCC4)n3)n2)cn1. The largest absolute Gasteiger partial charge is 0.448 e. The molecule has 1 aliphatic carbocycles. The Morgan fingerprint density at radius 3 is 2.67 bits per heavy atom. The number of nitrogens with two attached hydrogens (primary N) is 1. The van der Waals surface area contributed by atoms with E-state index in [1.165, 1.54) is 31.0 Å². The van der Waals surface area contributed by atoms with Crippen LogP contribution in [0.4, 0.5) is 0 Å². The van der Waals surface area contributed by atoms with Gasteiger partial charge in [0.25, 0.3) is 15.9 Å². The van der Waals surface area contributed by atoms with Crippen LogP contribution in [-0.2, 0) is 10.0 Å². The van der Waals surface area contributed by atoms with Crippen LogP contribution in [0.25, 0.3) is 23.0 Å². The molecule has 0 radical (unpaired) electrons. The number of sulfonamides is 1. The summed E-state index contributed by atoms with van der Waals surface area (Å²) in [5.41, 5.74) is 0.977. The van der Waals surface area contributed by atoms with E-state index in [1.54, 1.807) is 0 Å². The third-order valence-corrected chi connectivity index (χ3v) is 4.73. The average Bonchev–Trinajstić information content (AvgIpc) is 3.13. The number of hydrogen-bond acceptors (Lipinski definition) is 8. The van der Waals surface area contributed by atoms with Crippen LogP contribution in [0.2, 0.25) is 0 Å². The molecular formula is C14H13N5O4S. The van der Waals surface area contributed by atoms with Crippen molar-refractivity contribution >= 4 is 10.0 Å². The van der Waals surface area contributed by atoms with Gasteiger partial charge in [0.15, 0.2) is 16.6 Å². The van der Waals surface area contributed by atoms with E-state index in [0.717, 1.165) is 12.8 Å². The van der Waals surface area contributed by atoms with E-state index in [9.17, 15) is 8.42 Å². The van der Waals surface area contributed by atoms with E-state index < -0.39 is 10.0 Å². The number of primary sulfonamides is 1. The Morgan fingerprint density at radius 1 is 1.21 bits per heavy atom. The fourth-order valence-electron chi connectivity index (χ4n) is 2.35. The van der Waals surface area contributed by atoms with Crippen LogP contribution in [0.5, 0.6) is 0 Å². The highest BCUT2D eigenvalue weighted by molar-refractivity contribution is 7.89. The molecule has 0 atom stereocenters. The van der Waals surface area contributed by atoms with Crippen molar-refractivity contribution in [3.63, 3.8) is 0 Å². The Kier molecular flexibility index (Phi) is 3.43. The molecule has 0 aliphatic heterocycles. The van der Waals surface area contributed by atoms with E-state index in [0.29, 0.717) is 23.1 Å². The third kappa shape index (κ3) is 2.69. The van der Waals surface area contributed by atoms with Crippen LogP contribution in [0, 0.1) is 0 Å². The van der Waals surface area contributed by atoms with Crippen molar-refractivity contribution in [1.29, 1.82) is 0 Å². The highest BCUT2D eigenvalue weighted by Crippen LogP contribution is 2.36. The maximum absolute atomic E-state index is 11.2. The van der Waals surface area contributed by atoms with E-state index >= 15 is 0 Å². The standard InChI is InChI=1S/C14H13N5O4S/c15-24(20,21)11-5-4-9(6-16-11)12-18-14(23-19-12)10-7-22-13(17-10)8-2-1-3-8/h4-8H,1-3H2,(H2,15,20,21). The quantitative estimate of drug-likeness (QED) is 0.752. The first-order chi connectivity index (χ1) is 11.5. The zero-order chi connectivity index (χ0) is 16.7. The summed E-state index contributed by atoms with van der Waals surface area (Å²) in [6, 6.07) is 2.79. The first-order valence-electron chi connectivity index (χ1n) is 7.29. The minimum absolute atomic E-state index is 0.225. The van der Waals surface area contributed by atoms with Crippen LogP contribution in [-0.4, -0.2) is 28.5 Å².